The third kappa shape index (κ3) is 3.11. The summed E-state index contributed by atoms with van der Waals surface area (Å²) in [5, 5.41) is 2.93. The number of benzene rings is 1. The summed E-state index contributed by atoms with van der Waals surface area (Å²) in [6.07, 6.45) is 0.349. The van der Waals surface area contributed by atoms with Gasteiger partial charge in [0.05, 0.1) is 5.60 Å². The second-order valence-corrected chi connectivity index (χ2v) is 6.38. The van der Waals surface area contributed by atoms with Crippen molar-refractivity contribution in [1.29, 1.82) is 0 Å². The highest BCUT2D eigenvalue weighted by Gasteiger charge is 2.36. The van der Waals surface area contributed by atoms with Crippen LogP contribution in [0.15, 0.2) is 24.3 Å². The Morgan fingerprint density at radius 1 is 1.48 bits per heavy atom. The number of thioether (sulfide) groups is 1. The van der Waals surface area contributed by atoms with Crippen molar-refractivity contribution in [3.63, 3.8) is 0 Å². The Bertz CT molecular complexity index is 516. The number of nitrogens with one attached hydrogen (secondary N) is 1. The van der Waals surface area contributed by atoms with Gasteiger partial charge in [-0.3, -0.25) is 4.79 Å². The summed E-state index contributed by atoms with van der Waals surface area (Å²) in [4.78, 5) is 12.2. The molecule has 0 spiro atoms. The van der Waals surface area contributed by atoms with Crippen LogP contribution in [0.3, 0.4) is 0 Å². The molecule has 2 aliphatic heterocycles. The van der Waals surface area contributed by atoms with Gasteiger partial charge in [-0.2, -0.15) is 11.8 Å². The van der Waals surface area contributed by atoms with E-state index in [1.54, 1.807) is 13.2 Å². The van der Waals surface area contributed by atoms with E-state index in [-0.39, 0.29) is 18.1 Å². The van der Waals surface area contributed by atoms with E-state index in [1.807, 2.05) is 30.0 Å². The Morgan fingerprint density at radius 2 is 2.29 bits per heavy atom. The second kappa shape index (κ2) is 6.15. The van der Waals surface area contributed by atoms with Gasteiger partial charge in [0.15, 0.2) is 11.5 Å². The highest BCUT2D eigenvalue weighted by molar-refractivity contribution is 7.99. The fourth-order valence-electron chi connectivity index (χ4n) is 2.47. The molecule has 21 heavy (non-hydrogen) atoms. The fourth-order valence-corrected chi connectivity index (χ4v) is 3.87. The van der Waals surface area contributed by atoms with Crippen LogP contribution in [0, 0.1) is 0 Å². The van der Waals surface area contributed by atoms with Crippen molar-refractivity contribution < 1.29 is 19.0 Å². The third-order valence-electron chi connectivity index (χ3n) is 3.89. The molecule has 1 amide bonds. The molecule has 1 saturated heterocycles. The monoisotopic (exact) mass is 309 g/mol. The van der Waals surface area contributed by atoms with Crippen molar-refractivity contribution in [2.24, 2.45) is 0 Å². The zero-order valence-electron chi connectivity index (χ0n) is 12.0. The van der Waals surface area contributed by atoms with Crippen molar-refractivity contribution in [3.05, 3.63) is 24.3 Å². The van der Waals surface area contributed by atoms with Crippen molar-refractivity contribution in [2.75, 3.05) is 31.8 Å². The van der Waals surface area contributed by atoms with Crippen LogP contribution in [0.1, 0.15) is 6.42 Å². The predicted molar refractivity (Wildman–Crippen MR) is 81.0 cm³/mol. The molecule has 1 aromatic rings. The lowest BCUT2D eigenvalue weighted by atomic mass is 10.0. The first-order chi connectivity index (χ1) is 10.2. The molecule has 2 atom stereocenters. The molecule has 6 heteroatoms. The summed E-state index contributed by atoms with van der Waals surface area (Å²) in [5.41, 5.74) is -0.242. The molecule has 0 aromatic heterocycles. The summed E-state index contributed by atoms with van der Waals surface area (Å²) < 4.78 is 16.8. The van der Waals surface area contributed by atoms with Gasteiger partial charge in [-0.05, 0) is 24.3 Å². The Hall–Kier alpha value is -1.40. The zero-order valence-corrected chi connectivity index (χ0v) is 12.8. The number of ether oxygens (including phenoxy) is 3. The number of para-hydroxylation sites is 2. The lowest BCUT2D eigenvalue weighted by molar-refractivity contribution is -0.131. The number of hydrogen-bond donors (Lipinski definition) is 1. The van der Waals surface area contributed by atoms with E-state index < -0.39 is 6.10 Å². The molecule has 1 aromatic carbocycles. The average molecular weight is 309 g/mol. The lowest BCUT2D eigenvalue weighted by Gasteiger charge is -2.29. The first-order valence-electron chi connectivity index (χ1n) is 7.01. The van der Waals surface area contributed by atoms with Gasteiger partial charge in [0.25, 0.3) is 5.91 Å². The van der Waals surface area contributed by atoms with Gasteiger partial charge in [0.2, 0.25) is 6.10 Å². The number of methoxy groups -OCH3 is 1. The Balaban J connectivity index is 1.57. The minimum atomic E-state index is -0.608. The molecule has 114 valence electrons. The molecule has 3 rings (SSSR count). The van der Waals surface area contributed by atoms with Gasteiger partial charge in [0, 0.05) is 19.4 Å². The number of carbonyl (C=O) groups excluding carboxylic acids is 1. The maximum absolute atomic E-state index is 12.2. The number of carbonyl (C=O) groups is 1. The second-order valence-electron chi connectivity index (χ2n) is 5.27. The van der Waals surface area contributed by atoms with Crippen LogP contribution in [0.25, 0.3) is 0 Å². The molecular formula is C15H19NO4S. The van der Waals surface area contributed by atoms with Gasteiger partial charge in [-0.25, -0.2) is 0 Å². The lowest BCUT2D eigenvalue weighted by Crippen LogP contribution is -2.50. The normalized spacial score (nSPS) is 27.4. The van der Waals surface area contributed by atoms with E-state index in [4.69, 9.17) is 14.2 Å². The quantitative estimate of drug-likeness (QED) is 0.912. The molecule has 2 aliphatic rings. The third-order valence-corrected chi connectivity index (χ3v) is 5.11. The summed E-state index contributed by atoms with van der Waals surface area (Å²) in [7, 11) is 1.70. The van der Waals surface area contributed by atoms with Crippen LogP contribution in [0.4, 0.5) is 0 Å². The molecule has 5 nitrogen and oxygen atoms in total. The molecule has 0 saturated carbocycles. The van der Waals surface area contributed by atoms with Crippen LogP contribution < -0.4 is 14.8 Å². The maximum atomic E-state index is 12.2. The van der Waals surface area contributed by atoms with Crippen LogP contribution >= 0.6 is 11.8 Å². The number of hydrogen-bond acceptors (Lipinski definition) is 5. The van der Waals surface area contributed by atoms with Gasteiger partial charge < -0.3 is 19.5 Å². The van der Waals surface area contributed by atoms with Gasteiger partial charge in [-0.15, -0.1) is 0 Å². The SMILES string of the molecule is CO[C@]1(CNC(=O)[C@H]2COc3ccccc3O2)CCSC1. The topological polar surface area (TPSA) is 56.8 Å². The highest BCUT2D eigenvalue weighted by atomic mass is 32.2. The molecule has 2 heterocycles. The van der Waals surface area contributed by atoms with Crippen LogP contribution in [-0.4, -0.2) is 49.4 Å². The van der Waals surface area contributed by atoms with E-state index in [0.29, 0.717) is 18.0 Å². The number of rotatable bonds is 4. The zero-order chi connectivity index (χ0) is 14.7. The van der Waals surface area contributed by atoms with Crippen LogP contribution in [0.2, 0.25) is 0 Å². The van der Waals surface area contributed by atoms with Crippen molar-refractivity contribution >= 4 is 17.7 Å². The van der Waals surface area contributed by atoms with Crippen molar-refractivity contribution in [3.8, 4) is 11.5 Å². The first-order valence-corrected chi connectivity index (χ1v) is 8.17. The van der Waals surface area contributed by atoms with E-state index in [9.17, 15) is 4.79 Å². The van der Waals surface area contributed by atoms with Gasteiger partial charge >= 0.3 is 0 Å². The first kappa shape index (κ1) is 14.5. The standard InChI is InChI=1S/C15H19NO4S/c1-18-15(6-7-21-10-15)9-16-14(17)13-8-19-11-4-2-3-5-12(11)20-13/h2-5,13H,6-10H2,1H3,(H,16,17)/t13-,15+/m1/s1. The summed E-state index contributed by atoms with van der Waals surface area (Å²) in [5.74, 6) is 3.12. The van der Waals surface area contributed by atoms with E-state index >= 15 is 0 Å². The fraction of sp³-hybridized carbons (Fsp3) is 0.533. The molecule has 0 radical (unpaired) electrons. The minimum Gasteiger partial charge on any atom is -0.485 e. The van der Waals surface area contributed by atoms with E-state index in [2.05, 4.69) is 5.32 Å². The maximum Gasteiger partial charge on any atom is 0.264 e. The largest absolute Gasteiger partial charge is 0.485 e. The smallest absolute Gasteiger partial charge is 0.264 e. The van der Waals surface area contributed by atoms with Crippen molar-refractivity contribution in [1.82, 2.24) is 5.32 Å². The summed E-state index contributed by atoms with van der Waals surface area (Å²) >= 11 is 1.85. The minimum absolute atomic E-state index is 0.155. The molecular weight excluding hydrogens is 290 g/mol. The van der Waals surface area contributed by atoms with E-state index in [0.717, 1.165) is 17.9 Å². The molecule has 0 unspecified atom stereocenters. The van der Waals surface area contributed by atoms with Crippen molar-refractivity contribution in [2.45, 2.75) is 18.1 Å². The van der Waals surface area contributed by atoms with Crippen LogP contribution in [-0.2, 0) is 9.53 Å². The number of amides is 1. The highest BCUT2D eigenvalue weighted by Crippen LogP contribution is 2.32. The summed E-state index contributed by atoms with van der Waals surface area (Å²) in [6, 6.07) is 7.37. The summed E-state index contributed by atoms with van der Waals surface area (Å²) in [6.45, 7) is 0.744. The Morgan fingerprint density at radius 3 is 3.00 bits per heavy atom. The van der Waals surface area contributed by atoms with E-state index in [1.165, 1.54) is 0 Å². The molecule has 1 fully saturated rings. The number of fused-ring (bicyclic) bond motifs is 1. The van der Waals surface area contributed by atoms with Gasteiger partial charge in [-0.1, -0.05) is 12.1 Å². The average Bonchev–Trinajstić information content (AvgIpc) is 3.01. The molecule has 0 aliphatic carbocycles. The Kier molecular flexibility index (Phi) is 4.26. The Labute approximate surface area is 128 Å². The van der Waals surface area contributed by atoms with Crippen LogP contribution in [0.5, 0.6) is 11.5 Å². The predicted octanol–water partition coefficient (Wildman–Crippen LogP) is 1.46. The molecule has 0 bridgehead atoms. The van der Waals surface area contributed by atoms with Gasteiger partial charge in [0.1, 0.15) is 6.61 Å². The molecule has 1 N–H and O–H groups in total.